The van der Waals surface area contributed by atoms with Crippen LogP contribution in [0.4, 0.5) is 10.5 Å². The molecule has 0 fully saturated rings. The molecule has 1 heterocycles. The van der Waals surface area contributed by atoms with Gasteiger partial charge in [-0.1, -0.05) is 28.1 Å². The number of carbonyl (C=O) groups excluding carboxylic acids is 1. The van der Waals surface area contributed by atoms with Crippen molar-refractivity contribution in [1.29, 1.82) is 0 Å². The number of rotatable bonds is 5. The van der Waals surface area contributed by atoms with Crippen LogP contribution in [0.25, 0.3) is 0 Å². The summed E-state index contributed by atoms with van der Waals surface area (Å²) in [5.74, 6) is -0.997. The van der Waals surface area contributed by atoms with Crippen LogP contribution in [0.3, 0.4) is 0 Å². The molecule has 2 aromatic rings. The maximum atomic E-state index is 11.7. The van der Waals surface area contributed by atoms with Gasteiger partial charge in [-0.3, -0.25) is 9.48 Å². The van der Waals surface area contributed by atoms with Gasteiger partial charge in [0.2, 0.25) is 0 Å². The highest BCUT2D eigenvalue weighted by Crippen LogP contribution is 2.11. The van der Waals surface area contributed by atoms with Crippen LogP contribution >= 0.6 is 15.9 Å². The second-order valence-corrected chi connectivity index (χ2v) is 5.17. The predicted molar refractivity (Wildman–Crippen MR) is 79.9 cm³/mol. The summed E-state index contributed by atoms with van der Waals surface area (Å²) in [6.07, 6.45) is 2.84. The number of anilines is 1. The summed E-state index contributed by atoms with van der Waals surface area (Å²) in [7, 11) is 0. The highest BCUT2D eigenvalue weighted by Gasteiger charge is 2.06. The van der Waals surface area contributed by atoms with Crippen molar-refractivity contribution in [3.8, 4) is 0 Å². The number of nitrogens with zero attached hydrogens (tertiary/aromatic N) is 2. The standard InChI is InChI=1S/C13H13BrN4O3/c14-10-3-1-2-9(4-10)5-15-13(21)17-11-6-16-18(7-11)8-12(19)20/h1-4,6-7H,5,8H2,(H,19,20)(H2,15,17,21). The number of halogens is 1. The quantitative estimate of drug-likeness (QED) is 0.767. The van der Waals surface area contributed by atoms with Crippen LogP contribution < -0.4 is 10.6 Å². The molecule has 21 heavy (non-hydrogen) atoms. The van der Waals surface area contributed by atoms with Gasteiger partial charge in [0.25, 0.3) is 0 Å². The van der Waals surface area contributed by atoms with Crippen LogP contribution in [0.2, 0.25) is 0 Å². The number of hydrogen-bond donors (Lipinski definition) is 3. The van der Waals surface area contributed by atoms with Crippen molar-refractivity contribution in [1.82, 2.24) is 15.1 Å². The number of aliphatic carboxylic acids is 1. The molecule has 110 valence electrons. The monoisotopic (exact) mass is 352 g/mol. The molecular formula is C13H13BrN4O3. The second-order valence-electron chi connectivity index (χ2n) is 4.26. The third-order valence-electron chi connectivity index (χ3n) is 2.53. The van der Waals surface area contributed by atoms with E-state index in [2.05, 4.69) is 31.7 Å². The predicted octanol–water partition coefficient (Wildman–Crippen LogP) is 2.05. The molecule has 0 aliphatic rings. The van der Waals surface area contributed by atoms with Gasteiger partial charge in [0.1, 0.15) is 6.54 Å². The fraction of sp³-hybridized carbons (Fsp3) is 0.154. The second kappa shape index (κ2) is 6.89. The molecular weight excluding hydrogens is 340 g/mol. The van der Waals surface area contributed by atoms with Gasteiger partial charge in [0.05, 0.1) is 11.9 Å². The lowest BCUT2D eigenvalue weighted by Gasteiger charge is -2.06. The number of aromatic nitrogens is 2. The van der Waals surface area contributed by atoms with Gasteiger partial charge in [-0.25, -0.2) is 4.79 Å². The number of carboxylic acids is 1. The van der Waals surface area contributed by atoms with E-state index in [1.807, 2.05) is 24.3 Å². The minimum Gasteiger partial charge on any atom is -0.480 e. The molecule has 1 aromatic heterocycles. The van der Waals surface area contributed by atoms with Crippen LogP contribution in [0, 0.1) is 0 Å². The van der Waals surface area contributed by atoms with Crippen molar-refractivity contribution in [3.63, 3.8) is 0 Å². The Kier molecular flexibility index (Phi) is 4.94. The van der Waals surface area contributed by atoms with Crippen molar-refractivity contribution in [2.45, 2.75) is 13.1 Å². The van der Waals surface area contributed by atoms with Crippen LogP contribution in [0.1, 0.15) is 5.56 Å². The molecule has 0 saturated heterocycles. The van der Waals surface area contributed by atoms with Crippen LogP contribution in [0.5, 0.6) is 0 Å². The Morgan fingerprint density at radius 3 is 2.90 bits per heavy atom. The molecule has 0 aliphatic heterocycles. The highest BCUT2D eigenvalue weighted by molar-refractivity contribution is 9.10. The molecule has 0 bridgehead atoms. The number of carboxylic acid groups (broad SMARTS) is 1. The van der Waals surface area contributed by atoms with Crippen LogP contribution in [-0.2, 0) is 17.9 Å². The Hall–Kier alpha value is -2.35. The van der Waals surface area contributed by atoms with E-state index in [-0.39, 0.29) is 12.6 Å². The zero-order chi connectivity index (χ0) is 15.2. The van der Waals surface area contributed by atoms with Gasteiger partial charge in [0.15, 0.2) is 0 Å². The number of carbonyl (C=O) groups is 2. The number of hydrogen-bond acceptors (Lipinski definition) is 3. The maximum Gasteiger partial charge on any atom is 0.325 e. The van der Waals surface area contributed by atoms with E-state index in [0.29, 0.717) is 12.2 Å². The smallest absolute Gasteiger partial charge is 0.325 e. The maximum absolute atomic E-state index is 11.7. The average Bonchev–Trinajstić information content (AvgIpc) is 2.83. The summed E-state index contributed by atoms with van der Waals surface area (Å²) in [5, 5.41) is 17.7. The number of amides is 2. The molecule has 0 aliphatic carbocycles. The van der Waals surface area contributed by atoms with Gasteiger partial charge < -0.3 is 15.7 Å². The fourth-order valence-corrected chi connectivity index (χ4v) is 2.10. The lowest BCUT2D eigenvalue weighted by Crippen LogP contribution is -2.28. The lowest BCUT2D eigenvalue weighted by atomic mass is 10.2. The summed E-state index contributed by atoms with van der Waals surface area (Å²) in [5.41, 5.74) is 1.39. The largest absolute Gasteiger partial charge is 0.480 e. The van der Waals surface area contributed by atoms with E-state index >= 15 is 0 Å². The van der Waals surface area contributed by atoms with Crippen molar-refractivity contribution in [3.05, 3.63) is 46.7 Å². The third-order valence-corrected chi connectivity index (χ3v) is 3.02. The third kappa shape index (κ3) is 4.92. The minimum absolute atomic E-state index is 0.249. The Morgan fingerprint density at radius 1 is 1.38 bits per heavy atom. The van der Waals surface area contributed by atoms with Crippen LogP contribution in [-0.4, -0.2) is 26.9 Å². The minimum atomic E-state index is -0.997. The zero-order valence-corrected chi connectivity index (χ0v) is 12.5. The van der Waals surface area contributed by atoms with Crippen molar-refractivity contribution in [2.24, 2.45) is 0 Å². The number of nitrogens with one attached hydrogen (secondary N) is 2. The molecule has 0 spiro atoms. The summed E-state index contributed by atoms with van der Waals surface area (Å²) in [6.45, 7) is 0.135. The molecule has 2 rings (SSSR count). The Balaban J connectivity index is 1.84. The first-order chi connectivity index (χ1) is 10.0. The molecule has 7 nitrogen and oxygen atoms in total. The Labute approximate surface area is 129 Å². The topological polar surface area (TPSA) is 96.2 Å². The summed E-state index contributed by atoms with van der Waals surface area (Å²) >= 11 is 3.36. The fourth-order valence-electron chi connectivity index (χ4n) is 1.66. The van der Waals surface area contributed by atoms with Gasteiger partial charge in [-0.2, -0.15) is 5.10 Å². The zero-order valence-electron chi connectivity index (χ0n) is 10.9. The number of urea groups is 1. The first-order valence-corrected chi connectivity index (χ1v) is 6.86. The molecule has 0 atom stereocenters. The van der Waals surface area contributed by atoms with E-state index in [1.54, 1.807) is 0 Å². The van der Waals surface area contributed by atoms with E-state index < -0.39 is 5.97 Å². The molecule has 0 radical (unpaired) electrons. The summed E-state index contributed by atoms with van der Waals surface area (Å²) in [4.78, 5) is 22.2. The molecule has 0 saturated carbocycles. The van der Waals surface area contributed by atoms with Gasteiger partial charge >= 0.3 is 12.0 Å². The van der Waals surface area contributed by atoms with E-state index in [1.165, 1.54) is 17.1 Å². The van der Waals surface area contributed by atoms with E-state index in [4.69, 9.17) is 5.11 Å². The molecule has 1 aromatic carbocycles. The lowest BCUT2D eigenvalue weighted by molar-refractivity contribution is -0.137. The average molecular weight is 353 g/mol. The van der Waals surface area contributed by atoms with Gasteiger partial charge in [-0.15, -0.1) is 0 Å². The first kappa shape index (κ1) is 15.0. The SMILES string of the molecule is O=C(O)Cn1cc(NC(=O)NCc2cccc(Br)c2)cn1. The molecule has 0 unspecified atom stereocenters. The molecule has 8 heteroatoms. The number of benzene rings is 1. The normalized spacial score (nSPS) is 10.1. The van der Waals surface area contributed by atoms with Gasteiger partial charge in [0, 0.05) is 17.2 Å². The van der Waals surface area contributed by atoms with Crippen molar-refractivity contribution in [2.75, 3.05) is 5.32 Å². The van der Waals surface area contributed by atoms with Gasteiger partial charge in [-0.05, 0) is 17.7 Å². The molecule has 2 amide bonds. The van der Waals surface area contributed by atoms with Crippen LogP contribution in [0.15, 0.2) is 41.1 Å². The van der Waals surface area contributed by atoms with Crippen molar-refractivity contribution < 1.29 is 14.7 Å². The highest BCUT2D eigenvalue weighted by atomic mass is 79.9. The Morgan fingerprint density at radius 2 is 2.19 bits per heavy atom. The van der Waals surface area contributed by atoms with Crippen molar-refractivity contribution >= 4 is 33.6 Å². The first-order valence-electron chi connectivity index (χ1n) is 6.06. The Bertz CT molecular complexity index is 656. The summed E-state index contributed by atoms with van der Waals surface area (Å²) in [6, 6.07) is 7.21. The van der Waals surface area contributed by atoms with E-state index in [0.717, 1.165) is 10.0 Å². The molecule has 3 N–H and O–H groups in total. The summed E-state index contributed by atoms with van der Waals surface area (Å²) < 4.78 is 2.17. The van der Waals surface area contributed by atoms with E-state index in [9.17, 15) is 9.59 Å².